The molecule has 0 aliphatic heterocycles. The molecule has 0 heterocycles. The highest BCUT2D eigenvalue weighted by molar-refractivity contribution is 5.55. The Bertz CT molecular complexity index is 342. The van der Waals surface area contributed by atoms with Crippen LogP contribution in [0.25, 0.3) is 0 Å². The molecule has 0 fully saturated rings. The van der Waals surface area contributed by atoms with Gasteiger partial charge in [0.25, 0.3) is 0 Å². The fourth-order valence-electron chi connectivity index (χ4n) is 1.41. The van der Waals surface area contributed by atoms with E-state index >= 15 is 0 Å². The Kier molecular flexibility index (Phi) is 7.03. The maximum atomic E-state index is 5.82. The second-order valence-electron chi connectivity index (χ2n) is 4.01. The molecule has 0 unspecified atom stereocenters. The molecular formula is C14H23NO3. The van der Waals surface area contributed by atoms with E-state index < -0.39 is 0 Å². The number of benzene rings is 1. The van der Waals surface area contributed by atoms with Crippen molar-refractivity contribution in [3.05, 3.63) is 18.2 Å². The number of hydrogen-bond donors (Lipinski definition) is 1. The van der Waals surface area contributed by atoms with Crippen molar-refractivity contribution >= 4 is 5.69 Å². The summed E-state index contributed by atoms with van der Waals surface area (Å²) in [6.07, 6.45) is 1.98. The van der Waals surface area contributed by atoms with E-state index in [1.165, 1.54) is 0 Å². The smallest absolute Gasteiger partial charge is 0.145 e. The van der Waals surface area contributed by atoms with E-state index in [0.29, 0.717) is 31.3 Å². The number of rotatable bonds is 9. The lowest BCUT2D eigenvalue weighted by Gasteiger charge is -2.11. The van der Waals surface area contributed by atoms with Gasteiger partial charge in [0, 0.05) is 12.7 Å². The van der Waals surface area contributed by atoms with Crippen LogP contribution in [0.3, 0.4) is 0 Å². The molecule has 0 aromatic heterocycles. The molecule has 0 bridgehead atoms. The second kappa shape index (κ2) is 8.64. The molecule has 18 heavy (non-hydrogen) atoms. The van der Waals surface area contributed by atoms with E-state index in [9.17, 15) is 0 Å². The van der Waals surface area contributed by atoms with Gasteiger partial charge in [-0.1, -0.05) is 13.8 Å². The molecule has 0 saturated carbocycles. The Hall–Kier alpha value is -1.42. The van der Waals surface area contributed by atoms with Gasteiger partial charge < -0.3 is 19.9 Å². The van der Waals surface area contributed by atoms with Crippen LogP contribution in [0.15, 0.2) is 18.2 Å². The van der Waals surface area contributed by atoms with Crippen LogP contribution in [0.1, 0.15) is 26.7 Å². The summed E-state index contributed by atoms with van der Waals surface area (Å²) in [4.78, 5) is 0. The quantitative estimate of drug-likeness (QED) is 0.543. The van der Waals surface area contributed by atoms with Crippen LogP contribution in [0.5, 0.6) is 11.5 Å². The van der Waals surface area contributed by atoms with Crippen molar-refractivity contribution in [1.82, 2.24) is 0 Å². The van der Waals surface area contributed by atoms with Gasteiger partial charge in [-0.2, -0.15) is 0 Å². The van der Waals surface area contributed by atoms with Crippen molar-refractivity contribution in [1.29, 1.82) is 0 Å². The molecule has 1 rings (SSSR count). The van der Waals surface area contributed by atoms with Crippen molar-refractivity contribution in [2.45, 2.75) is 26.7 Å². The van der Waals surface area contributed by atoms with E-state index in [4.69, 9.17) is 19.9 Å². The van der Waals surface area contributed by atoms with Crippen molar-refractivity contribution < 1.29 is 14.2 Å². The van der Waals surface area contributed by atoms with Crippen molar-refractivity contribution in [3.8, 4) is 11.5 Å². The maximum absolute atomic E-state index is 5.82. The lowest BCUT2D eigenvalue weighted by Crippen LogP contribution is -2.07. The summed E-state index contributed by atoms with van der Waals surface area (Å²) < 4.78 is 16.4. The van der Waals surface area contributed by atoms with Gasteiger partial charge in [-0.15, -0.1) is 0 Å². The fraction of sp³-hybridized carbons (Fsp3) is 0.571. The Labute approximate surface area is 109 Å². The van der Waals surface area contributed by atoms with Gasteiger partial charge in [-0.3, -0.25) is 0 Å². The van der Waals surface area contributed by atoms with Crippen LogP contribution in [0, 0.1) is 0 Å². The minimum Gasteiger partial charge on any atom is -0.491 e. The van der Waals surface area contributed by atoms with Crippen LogP contribution in [-0.2, 0) is 4.74 Å². The zero-order chi connectivity index (χ0) is 13.2. The van der Waals surface area contributed by atoms with Gasteiger partial charge in [0.2, 0.25) is 0 Å². The highest BCUT2D eigenvalue weighted by atomic mass is 16.5. The molecule has 4 heteroatoms. The molecule has 1 aromatic carbocycles. The first-order valence-corrected chi connectivity index (χ1v) is 6.50. The number of hydrogen-bond acceptors (Lipinski definition) is 4. The highest BCUT2D eigenvalue weighted by Gasteiger charge is 2.03. The Morgan fingerprint density at radius 2 is 1.72 bits per heavy atom. The van der Waals surface area contributed by atoms with Gasteiger partial charge in [0.05, 0.1) is 18.9 Å². The SMILES string of the molecule is CCCOCCOc1ccc(N)c(OCCC)c1. The molecular weight excluding hydrogens is 230 g/mol. The van der Waals surface area contributed by atoms with Crippen molar-refractivity contribution in [2.75, 3.05) is 32.2 Å². The van der Waals surface area contributed by atoms with E-state index in [1.54, 1.807) is 6.07 Å². The average molecular weight is 253 g/mol. The van der Waals surface area contributed by atoms with Gasteiger partial charge >= 0.3 is 0 Å². The van der Waals surface area contributed by atoms with Gasteiger partial charge in [-0.05, 0) is 25.0 Å². The number of anilines is 1. The summed E-state index contributed by atoms with van der Waals surface area (Å²) in [7, 11) is 0. The van der Waals surface area contributed by atoms with Crippen LogP contribution < -0.4 is 15.2 Å². The number of ether oxygens (including phenoxy) is 3. The molecule has 0 spiro atoms. The van der Waals surface area contributed by atoms with Gasteiger partial charge in [0.1, 0.15) is 18.1 Å². The van der Waals surface area contributed by atoms with E-state index in [-0.39, 0.29) is 0 Å². The fourth-order valence-corrected chi connectivity index (χ4v) is 1.41. The molecule has 1 aromatic rings. The molecule has 0 atom stereocenters. The Morgan fingerprint density at radius 3 is 2.44 bits per heavy atom. The summed E-state index contributed by atoms with van der Waals surface area (Å²) in [6, 6.07) is 5.46. The lowest BCUT2D eigenvalue weighted by molar-refractivity contribution is 0.100. The highest BCUT2D eigenvalue weighted by Crippen LogP contribution is 2.26. The third-order valence-corrected chi connectivity index (χ3v) is 2.29. The molecule has 0 aliphatic carbocycles. The Balaban J connectivity index is 2.40. The topological polar surface area (TPSA) is 53.7 Å². The number of nitrogens with two attached hydrogens (primary N) is 1. The molecule has 2 N–H and O–H groups in total. The zero-order valence-electron chi connectivity index (χ0n) is 11.3. The van der Waals surface area contributed by atoms with Gasteiger partial charge in [0.15, 0.2) is 0 Å². The second-order valence-corrected chi connectivity index (χ2v) is 4.01. The molecule has 0 saturated heterocycles. The molecule has 102 valence electrons. The average Bonchev–Trinajstić information content (AvgIpc) is 2.39. The minimum atomic E-state index is 0.539. The van der Waals surface area contributed by atoms with E-state index in [2.05, 4.69) is 13.8 Å². The summed E-state index contributed by atoms with van der Waals surface area (Å²) in [5, 5.41) is 0. The summed E-state index contributed by atoms with van der Waals surface area (Å²) in [6.45, 7) is 6.71. The van der Waals surface area contributed by atoms with Crippen LogP contribution in [-0.4, -0.2) is 26.4 Å². The summed E-state index contributed by atoms with van der Waals surface area (Å²) in [5.41, 5.74) is 6.46. The predicted molar refractivity (Wildman–Crippen MR) is 73.2 cm³/mol. The molecule has 4 nitrogen and oxygen atoms in total. The first-order chi connectivity index (χ1) is 8.77. The van der Waals surface area contributed by atoms with Crippen molar-refractivity contribution in [3.63, 3.8) is 0 Å². The van der Waals surface area contributed by atoms with Crippen molar-refractivity contribution in [2.24, 2.45) is 0 Å². The van der Waals surface area contributed by atoms with E-state index in [1.807, 2.05) is 12.1 Å². The van der Waals surface area contributed by atoms with Crippen LogP contribution >= 0.6 is 0 Å². The molecule has 0 radical (unpaired) electrons. The third-order valence-electron chi connectivity index (χ3n) is 2.29. The van der Waals surface area contributed by atoms with Gasteiger partial charge in [-0.25, -0.2) is 0 Å². The summed E-state index contributed by atoms with van der Waals surface area (Å²) >= 11 is 0. The first-order valence-electron chi connectivity index (χ1n) is 6.50. The normalized spacial score (nSPS) is 10.3. The Morgan fingerprint density at radius 1 is 0.944 bits per heavy atom. The third kappa shape index (κ3) is 5.27. The molecule has 0 aliphatic rings. The first kappa shape index (κ1) is 14.6. The number of nitrogen functional groups attached to an aromatic ring is 1. The largest absolute Gasteiger partial charge is 0.491 e. The predicted octanol–water partition coefficient (Wildman–Crippen LogP) is 2.86. The molecule has 0 amide bonds. The van der Waals surface area contributed by atoms with Crippen LogP contribution in [0.2, 0.25) is 0 Å². The zero-order valence-corrected chi connectivity index (χ0v) is 11.3. The van der Waals surface area contributed by atoms with Crippen LogP contribution in [0.4, 0.5) is 5.69 Å². The summed E-state index contributed by atoms with van der Waals surface area (Å²) in [5.74, 6) is 1.44. The standard InChI is InChI=1S/C14H23NO3/c1-3-7-16-9-10-17-12-5-6-13(15)14(11-12)18-8-4-2/h5-6,11H,3-4,7-10,15H2,1-2H3. The maximum Gasteiger partial charge on any atom is 0.145 e. The monoisotopic (exact) mass is 253 g/mol. The minimum absolute atomic E-state index is 0.539. The van der Waals surface area contributed by atoms with E-state index in [0.717, 1.165) is 25.2 Å². The lowest BCUT2D eigenvalue weighted by atomic mass is 10.3.